The minimum absolute atomic E-state index is 0.145. The van der Waals surface area contributed by atoms with Crippen LogP contribution in [-0.2, 0) is 9.59 Å². The van der Waals surface area contributed by atoms with E-state index in [0.717, 1.165) is 12.8 Å². The Morgan fingerprint density at radius 2 is 1.88 bits per heavy atom. The monoisotopic (exact) mass is 224 g/mol. The molecule has 0 aromatic heterocycles. The van der Waals surface area contributed by atoms with E-state index in [2.05, 4.69) is 13.8 Å². The summed E-state index contributed by atoms with van der Waals surface area (Å²) >= 11 is 0. The zero-order chi connectivity index (χ0) is 12.6. The molecule has 1 aliphatic carbocycles. The number of Topliss-reactive ketones (excluding diaryl/α,β-unsaturated/α-hetero) is 2. The molecule has 92 valence electrons. The molecule has 1 fully saturated rings. The predicted octanol–water partition coefficient (Wildman–Crippen LogP) is 3.39. The van der Waals surface area contributed by atoms with Crippen LogP contribution in [-0.4, -0.2) is 11.6 Å². The molecule has 0 saturated heterocycles. The molecule has 1 saturated carbocycles. The van der Waals surface area contributed by atoms with Crippen LogP contribution in [0.5, 0.6) is 0 Å². The zero-order valence-corrected chi connectivity index (χ0v) is 11.2. The third-order valence-corrected chi connectivity index (χ3v) is 4.39. The van der Waals surface area contributed by atoms with Crippen molar-refractivity contribution in [2.24, 2.45) is 16.7 Å². The fraction of sp³-hybridized carbons (Fsp3) is 0.857. The molecule has 0 aromatic rings. The maximum absolute atomic E-state index is 12.3. The minimum atomic E-state index is -0.734. The second-order valence-electron chi connectivity index (χ2n) is 6.29. The highest BCUT2D eigenvalue weighted by molar-refractivity contribution is 6.08. The first-order chi connectivity index (χ1) is 7.22. The Kier molecular flexibility index (Phi) is 3.61. The summed E-state index contributed by atoms with van der Waals surface area (Å²) in [7, 11) is 0. The number of carbonyl (C=O) groups is 2. The van der Waals surface area contributed by atoms with Crippen LogP contribution in [0.15, 0.2) is 0 Å². The second-order valence-corrected chi connectivity index (χ2v) is 6.29. The largest absolute Gasteiger partial charge is 0.299 e. The van der Waals surface area contributed by atoms with Crippen molar-refractivity contribution in [1.82, 2.24) is 0 Å². The Morgan fingerprint density at radius 1 is 1.31 bits per heavy atom. The van der Waals surface area contributed by atoms with Crippen LogP contribution >= 0.6 is 0 Å². The van der Waals surface area contributed by atoms with Gasteiger partial charge in [-0.25, -0.2) is 0 Å². The summed E-state index contributed by atoms with van der Waals surface area (Å²) in [5.74, 6) is 0.812. The normalized spacial score (nSPS) is 28.8. The van der Waals surface area contributed by atoms with Crippen LogP contribution in [0.2, 0.25) is 0 Å². The molecule has 2 nitrogen and oxygen atoms in total. The molecule has 0 N–H and O–H groups in total. The van der Waals surface area contributed by atoms with Gasteiger partial charge in [0.05, 0.1) is 5.41 Å². The first kappa shape index (κ1) is 13.4. The molecule has 2 heteroatoms. The maximum atomic E-state index is 12.3. The van der Waals surface area contributed by atoms with Gasteiger partial charge in [0, 0.05) is 12.8 Å². The molecule has 1 atom stereocenters. The van der Waals surface area contributed by atoms with E-state index in [1.165, 1.54) is 0 Å². The summed E-state index contributed by atoms with van der Waals surface area (Å²) in [6.45, 7) is 10.2. The van der Waals surface area contributed by atoms with Crippen molar-refractivity contribution in [3.63, 3.8) is 0 Å². The van der Waals surface area contributed by atoms with Gasteiger partial charge >= 0.3 is 0 Å². The number of hydrogen-bond acceptors (Lipinski definition) is 2. The Labute approximate surface area is 98.8 Å². The fourth-order valence-electron chi connectivity index (χ4n) is 2.51. The van der Waals surface area contributed by atoms with E-state index in [1.807, 2.05) is 20.8 Å². The number of ketones is 2. The van der Waals surface area contributed by atoms with Crippen LogP contribution in [0.25, 0.3) is 0 Å². The van der Waals surface area contributed by atoms with E-state index in [4.69, 9.17) is 0 Å². The molecule has 0 amide bonds. The Balaban J connectivity index is 2.83. The second kappa shape index (κ2) is 4.31. The number of rotatable bonds is 4. The van der Waals surface area contributed by atoms with Crippen molar-refractivity contribution in [1.29, 1.82) is 0 Å². The highest BCUT2D eigenvalue weighted by Crippen LogP contribution is 2.51. The predicted molar refractivity (Wildman–Crippen MR) is 65.2 cm³/mol. The van der Waals surface area contributed by atoms with Gasteiger partial charge in [0.2, 0.25) is 0 Å². The van der Waals surface area contributed by atoms with Crippen molar-refractivity contribution in [3.8, 4) is 0 Å². The lowest BCUT2D eigenvalue weighted by atomic mass is 9.65. The van der Waals surface area contributed by atoms with Gasteiger partial charge in [-0.3, -0.25) is 9.59 Å². The van der Waals surface area contributed by atoms with E-state index in [0.29, 0.717) is 18.8 Å². The topological polar surface area (TPSA) is 34.1 Å². The summed E-state index contributed by atoms with van der Waals surface area (Å²) in [6, 6.07) is 0. The summed E-state index contributed by atoms with van der Waals surface area (Å²) < 4.78 is 0. The lowest BCUT2D eigenvalue weighted by Gasteiger charge is -2.35. The molecule has 0 aromatic carbocycles. The molecule has 1 rings (SSSR count). The molecule has 0 radical (unpaired) electrons. The van der Waals surface area contributed by atoms with Crippen molar-refractivity contribution in [3.05, 3.63) is 0 Å². The molecular formula is C14H24O2. The van der Waals surface area contributed by atoms with E-state index < -0.39 is 5.41 Å². The van der Waals surface area contributed by atoms with Crippen molar-refractivity contribution >= 4 is 11.6 Å². The van der Waals surface area contributed by atoms with Crippen molar-refractivity contribution in [2.75, 3.05) is 0 Å². The average molecular weight is 224 g/mol. The van der Waals surface area contributed by atoms with Gasteiger partial charge in [0.1, 0.15) is 11.6 Å². The molecule has 1 unspecified atom stereocenters. The minimum Gasteiger partial charge on any atom is -0.299 e. The lowest BCUT2D eigenvalue weighted by Crippen LogP contribution is -2.42. The first-order valence-electron chi connectivity index (χ1n) is 6.28. The van der Waals surface area contributed by atoms with Gasteiger partial charge in [-0.05, 0) is 31.1 Å². The van der Waals surface area contributed by atoms with Crippen LogP contribution in [0.1, 0.15) is 60.3 Å². The average Bonchev–Trinajstić information content (AvgIpc) is 2.39. The van der Waals surface area contributed by atoms with Gasteiger partial charge in [0.15, 0.2) is 0 Å². The van der Waals surface area contributed by atoms with Crippen LogP contribution in [0.3, 0.4) is 0 Å². The zero-order valence-electron chi connectivity index (χ0n) is 11.2. The quantitative estimate of drug-likeness (QED) is 0.686. The number of carbonyl (C=O) groups excluding carboxylic acids is 2. The highest BCUT2D eigenvalue weighted by Gasteiger charge is 2.55. The summed E-state index contributed by atoms with van der Waals surface area (Å²) in [6.07, 6.45) is 2.84. The van der Waals surface area contributed by atoms with E-state index in [9.17, 15) is 9.59 Å². The van der Waals surface area contributed by atoms with Gasteiger partial charge in [-0.15, -0.1) is 0 Å². The summed E-state index contributed by atoms with van der Waals surface area (Å²) in [5.41, 5.74) is -0.903. The molecule has 0 bridgehead atoms. The Bertz CT molecular complexity index is 302. The molecule has 0 aliphatic heterocycles. The maximum Gasteiger partial charge on any atom is 0.146 e. The standard InChI is InChI=1S/C14H24O2/c1-10(2)6-7-11(15)14(5)12(16)8-9-13(14,3)4/h10H,6-9H2,1-5H3. The van der Waals surface area contributed by atoms with E-state index in [1.54, 1.807) is 0 Å². The molecular weight excluding hydrogens is 200 g/mol. The Morgan fingerprint density at radius 3 is 2.25 bits per heavy atom. The van der Waals surface area contributed by atoms with Crippen molar-refractivity contribution in [2.45, 2.75) is 60.3 Å². The lowest BCUT2D eigenvalue weighted by molar-refractivity contribution is -0.142. The van der Waals surface area contributed by atoms with Gasteiger partial charge < -0.3 is 0 Å². The van der Waals surface area contributed by atoms with E-state index >= 15 is 0 Å². The molecule has 0 spiro atoms. The van der Waals surface area contributed by atoms with Crippen molar-refractivity contribution < 1.29 is 9.59 Å². The van der Waals surface area contributed by atoms with E-state index in [-0.39, 0.29) is 17.0 Å². The smallest absolute Gasteiger partial charge is 0.146 e. The third kappa shape index (κ3) is 2.07. The molecule has 0 heterocycles. The van der Waals surface area contributed by atoms with Crippen LogP contribution < -0.4 is 0 Å². The van der Waals surface area contributed by atoms with Gasteiger partial charge in [-0.2, -0.15) is 0 Å². The van der Waals surface area contributed by atoms with Crippen LogP contribution in [0, 0.1) is 16.7 Å². The fourth-order valence-corrected chi connectivity index (χ4v) is 2.51. The number of hydrogen-bond donors (Lipinski definition) is 0. The SMILES string of the molecule is CC(C)CCC(=O)C1(C)C(=O)CCC1(C)C. The molecule has 16 heavy (non-hydrogen) atoms. The Hall–Kier alpha value is -0.660. The molecule has 1 aliphatic rings. The van der Waals surface area contributed by atoms with Crippen LogP contribution in [0.4, 0.5) is 0 Å². The summed E-state index contributed by atoms with van der Waals surface area (Å²) in [5, 5.41) is 0. The van der Waals surface area contributed by atoms with Gasteiger partial charge in [0.25, 0.3) is 0 Å². The highest BCUT2D eigenvalue weighted by atomic mass is 16.2. The van der Waals surface area contributed by atoms with Gasteiger partial charge in [-0.1, -0.05) is 27.7 Å². The summed E-state index contributed by atoms with van der Waals surface area (Å²) in [4.78, 5) is 24.3. The first-order valence-corrected chi connectivity index (χ1v) is 6.28. The third-order valence-electron chi connectivity index (χ3n) is 4.39.